The summed E-state index contributed by atoms with van der Waals surface area (Å²) in [6.07, 6.45) is 1.61. The molecule has 0 aromatic carbocycles. The van der Waals surface area contributed by atoms with Crippen LogP contribution in [-0.2, 0) is 0 Å². The van der Waals surface area contributed by atoms with Crippen molar-refractivity contribution in [1.82, 2.24) is 14.6 Å². The first kappa shape index (κ1) is 11.6. The smallest absolute Gasteiger partial charge is 0.374 e. The molecule has 0 fully saturated rings. The number of aromatic carboxylic acids is 1. The van der Waals surface area contributed by atoms with Gasteiger partial charge in [-0.25, -0.2) is 4.79 Å². The van der Waals surface area contributed by atoms with E-state index in [2.05, 4.69) is 26.1 Å². The predicted octanol–water partition coefficient (Wildman–Crippen LogP) is 0.809. The van der Waals surface area contributed by atoms with E-state index in [0.717, 1.165) is 4.47 Å². The minimum absolute atomic E-state index is 0. The monoisotopic (exact) mass is 264 g/mol. The molecule has 2 aromatic rings. The van der Waals surface area contributed by atoms with Gasteiger partial charge in [-0.1, -0.05) is 0 Å². The van der Waals surface area contributed by atoms with Crippen molar-refractivity contribution in [2.24, 2.45) is 0 Å². The number of pyridine rings is 1. The zero-order valence-corrected chi connectivity index (χ0v) is 10.9. The van der Waals surface area contributed by atoms with Gasteiger partial charge in [0.25, 0.3) is 0 Å². The fourth-order valence-corrected chi connectivity index (χ4v) is 1.35. The average molecular weight is 265 g/mol. The number of carbonyl (C=O) groups is 1. The molecule has 0 amide bonds. The second-order valence-corrected chi connectivity index (χ2v) is 3.32. The fourth-order valence-electron chi connectivity index (χ4n) is 1.01. The molecule has 0 spiro atoms. The molecule has 2 rings (SSSR count). The molecule has 14 heavy (non-hydrogen) atoms. The Balaban J connectivity index is 0.000000980. The van der Waals surface area contributed by atoms with Crippen LogP contribution >= 0.6 is 15.9 Å². The summed E-state index contributed by atoms with van der Waals surface area (Å²) in [5.41, 5.74) is 0.514. The Bertz CT molecular complexity index is 485. The second-order valence-electron chi connectivity index (χ2n) is 2.40. The summed E-state index contributed by atoms with van der Waals surface area (Å²) in [6, 6.07) is 3.46. The number of carboxylic acids is 1. The van der Waals surface area contributed by atoms with Crippen LogP contribution in [0.5, 0.6) is 0 Å². The van der Waals surface area contributed by atoms with Gasteiger partial charge >= 0.3 is 5.97 Å². The van der Waals surface area contributed by atoms with Gasteiger partial charge in [-0.2, -0.15) is 0 Å². The topological polar surface area (TPSA) is 67.5 Å². The Labute approximate surface area is 110 Å². The molecule has 67 valence electrons. The Morgan fingerprint density at radius 3 is 2.79 bits per heavy atom. The van der Waals surface area contributed by atoms with Gasteiger partial charge in [-0.15, -0.1) is 10.2 Å². The number of hydrogen-bond donors (Lipinski definition) is 1. The molecule has 7 heteroatoms. The summed E-state index contributed by atoms with van der Waals surface area (Å²) in [6.45, 7) is 0. The molecule has 0 aliphatic rings. The maximum absolute atomic E-state index is 10.6. The van der Waals surface area contributed by atoms with Crippen LogP contribution in [0.4, 0.5) is 0 Å². The van der Waals surface area contributed by atoms with Crippen molar-refractivity contribution in [3.63, 3.8) is 0 Å². The predicted molar refractivity (Wildman–Crippen MR) is 53.4 cm³/mol. The minimum Gasteiger partial charge on any atom is -0.475 e. The zero-order valence-electron chi connectivity index (χ0n) is 7.31. The average Bonchev–Trinajstić information content (AvgIpc) is 2.46. The molecule has 0 saturated carbocycles. The molecule has 2 aromatic heterocycles. The summed E-state index contributed by atoms with van der Waals surface area (Å²) in [4.78, 5) is 10.6. The van der Waals surface area contributed by atoms with Crippen LogP contribution < -0.4 is 0 Å². The molecule has 0 aliphatic carbocycles. The normalized spacial score (nSPS) is 9.79. The summed E-state index contributed by atoms with van der Waals surface area (Å²) >= 11 is 3.23. The number of aromatic nitrogens is 3. The minimum atomic E-state index is -1.09. The summed E-state index contributed by atoms with van der Waals surface area (Å²) in [7, 11) is 0. The van der Waals surface area contributed by atoms with Crippen LogP contribution in [0.1, 0.15) is 10.6 Å². The maximum atomic E-state index is 10.6. The van der Waals surface area contributed by atoms with Crippen LogP contribution in [0.2, 0.25) is 0 Å². The van der Waals surface area contributed by atoms with Crippen LogP contribution in [0.3, 0.4) is 0 Å². The third kappa shape index (κ3) is 1.98. The van der Waals surface area contributed by atoms with Crippen molar-refractivity contribution in [3.05, 3.63) is 28.6 Å². The van der Waals surface area contributed by atoms with E-state index in [1.54, 1.807) is 18.3 Å². The van der Waals surface area contributed by atoms with Gasteiger partial charge in [0.1, 0.15) is 0 Å². The van der Waals surface area contributed by atoms with Crippen molar-refractivity contribution in [2.75, 3.05) is 0 Å². The number of carboxylic acid groups (broad SMARTS) is 1. The van der Waals surface area contributed by atoms with Crippen molar-refractivity contribution in [1.29, 1.82) is 0 Å². The van der Waals surface area contributed by atoms with Crippen molar-refractivity contribution in [3.8, 4) is 0 Å². The third-order valence-electron chi connectivity index (χ3n) is 1.56. The van der Waals surface area contributed by atoms with Gasteiger partial charge in [0.15, 0.2) is 5.65 Å². The molecule has 2 heterocycles. The SMILES string of the molecule is O=C(O)c1nnc2ccc(Br)cn12.[Na]. The first-order valence-corrected chi connectivity index (χ1v) is 4.21. The van der Waals surface area contributed by atoms with E-state index in [-0.39, 0.29) is 35.4 Å². The van der Waals surface area contributed by atoms with E-state index in [4.69, 9.17) is 5.11 Å². The Morgan fingerprint density at radius 2 is 2.14 bits per heavy atom. The van der Waals surface area contributed by atoms with Crippen LogP contribution in [0.25, 0.3) is 5.65 Å². The van der Waals surface area contributed by atoms with Crippen LogP contribution in [0.15, 0.2) is 22.8 Å². The molecule has 0 bridgehead atoms. The Kier molecular flexibility index (Phi) is 3.65. The zero-order chi connectivity index (χ0) is 9.42. The van der Waals surface area contributed by atoms with Gasteiger partial charge in [0, 0.05) is 40.2 Å². The summed E-state index contributed by atoms with van der Waals surface area (Å²) in [5, 5.41) is 15.9. The Morgan fingerprint density at radius 1 is 1.43 bits per heavy atom. The second kappa shape index (κ2) is 4.39. The molecular formula is C7H4BrN3NaO2. The molecule has 0 atom stereocenters. The first-order chi connectivity index (χ1) is 6.18. The van der Waals surface area contributed by atoms with E-state index in [1.807, 2.05) is 0 Å². The molecule has 0 saturated heterocycles. The molecule has 1 N–H and O–H groups in total. The summed E-state index contributed by atoms with van der Waals surface area (Å²) < 4.78 is 2.19. The van der Waals surface area contributed by atoms with Crippen molar-refractivity contribution >= 4 is 57.1 Å². The quantitative estimate of drug-likeness (QED) is 0.775. The van der Waals surface area contributed by atoms with E-state index in [1.165, 1.54) is 4.40 Å². The van der Waals surface area contributed by atoms with E-state index in [0.29, 0.717) is 5.65 Å². The van der Waals surface area contributed by atoms with Gasteiger partial charge in [0.05, 0.1) is 0 Å². The number of halogens is 1. The van der Waals surface area contributed by atoms with E-state index >= 15 is 0 Å². The Hall–Kier alpha value is -0.430. The number of fused-ring (bicyclic) bond motifs is 1. The van der Waals surface area contributed by atoms with Gasteiger partial charge in [-0.05, 0) is 28.1 Å². The largest absolute Gasteiger partial charge is 0.475 e. The van der Waals surface area contributed by atoms with Crippen molar-refractivity contribution < 1.29 is 9.90 Å². The van der Waals surface area contributed by atoms with Crippen molar-refractivity contribution in [2.45, 2.75) is 0 Å². The van der Waals surface area contributed by atoms with Gasteiger partial charge in [0.2, 0.25) is 5.82 Å². The molecular weight excluding hydrogens is 261 g/mol. The van der Waals surface area contributed by atoms with E-state index in [9.17, 15) is 4.79 Å². The van der Waals surface area contributed by atoms with Crippen LogP contribution in [-0.4, -0.2) is 55.2 Å². The maximum Gasteiger partial charge on any atom is 0.374 e. The molecule has 0 unspecified atom stereocenters. The number of rotatable bonds is 1. The number of hydrogen-bond acceptors (Lipinski definition) is 3. The first-order valence-electron chi connectivity index (χ1n) is 3.42. The molecule has 5 nitrogen and oxygen atoms in total. The van der Waals surface area contributed by atoms with Gasteiger partial charge in [-0.3, -0.25) is 4.40 Å². The van der Waals surface area contributed by atoms with Crippen LogP contribution in [0, 0.1) is 0 Å². The molecule has 1 radical (unpaired) electrons. The fraction of sp³-hybridized carbons (Fsp3) is 0. The molecule has 0 aliphatic heterocycles. The standard InChI is InChI=1S/C7H4BrN3O2.Na/c8-4-1-2-5-9-10-6(7(12)13)11(5)3-4;/h1-3H,(H,12,13);. The third-order valence-corrected chi connectivity index (χ3v) is 2.03. The number of nitrogens with zero attached hydrogens (tertiary/aromatic N) is 3. The van der Waals surface area contributed by atoms with Gasteiger partial charge < -0.3 is 5.11 Å². The summed E-state index contributed by atoms with van der Waals surface area (Å²) in [5.74, 6) is -1.18. The van der Waals surface area contributed by atoms with E-state index < -0.39 is 5.97 Å².